The maximum atomic E-state index is 12.1. The number of rotatable bonds is 4. The molecule has 28 heavy (non-hydrogen) atoms. The summed E-state index contributed by atoms with van der Waals surface area (Å²) in [5, 5.41) is 2.98. The molecule has 0 spiro atoms. The van der Waals surface area contributed by atoms with Crippen molar-refractivity contribution in [2.45, 2.75) is 36.8 Å². The molecule has 144 valence electrons. The normalized spacial score (nSPS) is 15.3. The Bertz CT molecular complexity index is 960. The van der Waals surface area contributed by atoms with Gasteiger partial charge in [-0.2, -0.15) is 0 Å². The SMILES string of the molecule is CC(C)C(=O)N1CCC(Sc2ccc(-c3ccc4cnccc4c3)cc2)CC1. The minimum absolute atomic E-state index is 0.100. The van der Waals surface area contributed by atoms with E-state index in [2.05, 4.69) is 53.5 Å². The van der Waals surface area contributed by atoms with Crippen molar-refractivity contribution in [3.63, 3.8) is 0 Å². The average Bonchev–Trinajstić information content (AvgIpc) is 2.74. The highest BCUT2D eigenvalue weighted by Crippen LogP contribution is 2.32. The Labute approximate surface area is 171 Å². The first kappa shape index (κ1) is 19.0. The van der Waals surface area contributed by atoms with Crippen LogP contribution < -0.4 is 0 Å². The molecule has 1 amide bonds. The van der Waals surface area contributed by atoms with Crippen LogP contribution in [0.5, 0.6) is 0 Å². The molecule has 3 nitrogen and oxygen atoms in total. The second kappa shape index (κ2) is 8.36. The first-order chi connectivity index (χ1) is 13.6. The molecule has 1 aliphatic rings. The smallest absolute Gasteiger partial charge is 0.225 e. The Morgan fingerprint density at radius 1 is 1.00 bits per heavy atom. The number of nitrogens with zero attached hydrogens (tertiary/aromatic N) is 2. The second-order valence-corrected chi connectivity index (χ2v) is 9.13. The third-order valence-electron chi connectivity index (χ3n) is 5.38. The number of aromatic nitrogens is 1. The van der Waals surface area contributed by atoms with Crippen molar-refractivity contribution in [1.82, 2.24) is 9.88 Å². The fourth-order valence-corrected chi connectivity index (χ4v) is 4.87. The number of carbonyl (C=O) groups is 1. The van der Waals surface area contributed by atoms with Crippen LogP contribution in [0.2, 0.25) is 0 Å². The van der Waals surface area contributed by atoms with Crippen LogP contribution in [-0.4, -0.2) is 34.1 Å². The van der Waals surface area contributed by atoms with E-state index in [1.165, 1.54) is 26.8 Å². The molecule has 0 N–H and O–H groups in total. The highest BCUT2D eigenvalue weighted by Gasteiger charge is 2.24. The highest BCUT2D eigenvalue weighted by molar-refractivity contribution is 8.00. The van der Waals surface area contributed by atoms with Crippen molar-refractivity contribution >= 4 is 28.4 Å². The minimum atomic E-state index is 0.100. The van der Waals surface area contributed by atoms with E-state index in [-0.39, 0.29) is 5.92 Å². The summed E-state index contributed by atoms with van der Waals surface area (Å²) in [7, 11) is 0. The van der Waals surface area contributed by atoms with Gasteiger partial charge < -0.3 is 4.90 Å². The third kappa shape index (κ3) is 4.22. The Balaban J connectivity index is 1.39. The standard InChI is InChI=1S/C24H26N2OS/c1-17(2)24(27)26-13-10-23(11-14-26)28-22-7-5-18(6-8-22)19-3-4-21-16-25-12-9-20(21)15-19/h3-9,12,15-17,23H,10-11,13-14H2,1-2H3. The van der Waals surface area contributed by atoms with Crippen LogP contribution >= 0.6 is 11.8 Å². The molecule has 0 unspecified atom stereocenters. The molecule has 4 heteroatoms. The van der Waals surface area contributed by atoms with Gasteiger partial charge in [0.15, 0.2) is 0 Å². The maximum Gasteiger partial charge on any atom is 0.225 e. The van der Waals surface area contributed by atoms with Crippen LogP contribution in [0.4, 0.5) is 0 Å². The average molecular weight is 391 g/mol. The molecule has 3 aromatic rings. The summed E-state index contributed by atoms with van der Waals surface area (Å²) in [6.45, 7) is 5.74. The van der Waals surface area contributed by atoms with E-state index in [4.69, 9.17) is 0 Å². The number of carbonyl (C=O) groups excluding carboxylic acids is 1. The lowest BCUT2D eigenvalue weighted by Gasteiger charge is -2.32. The van der Waals surface area contributed by atoms with Gasteiger partial charge in [0.05, 0.1) is 0 Å². The monoisotopic (exact) mass is 390 g/mol. The summed E-state index contributed by atoms with van der Waals surface area (Å²) in [6.07, 6.45) is 5.89. The number of amides is 1. The van der Waals surface area contributed by atoms with Crippen molar-refractivity contribution in [3.8, 4) is 11.1 Å². The zero-order valence-corrected chi connectivity index (χ0v) is 17.3. The van der Waals surface area contributed by atoms with Gasteiger partial charge in [0.1, 0.15) is 0 Å². The molecule has 2 heterocycles. The predicted molar refractivity (Wildman–Crippen MR) is 117 cm³/mol. The second-order valence-electron chi connectivity index (χ2n) is 7.76. The van der Waals surface area contributed by atoms with E-state index in [0.717, 1.165) is 25.9 Å². The molecule has 0 saturated carbocycles. The largest absolute Gasteiger partial charge is 0.342 e. The van der Waals surface area contributed by atoms with Crippen LogP contribution in [0.15, 0.2) is 65.8 Å². The lowest BCUT2D eigenvalue weighted by atomic mass is 10.0. The molecular weight excluding hydrogens is 364 g/mol. The van der Waals surface area contributed by atoms with E-state index in [0.29, 0.717) is 11.2 Å². The van der Waals surface area contributed by atoms with Gasteiger partial charge >= 0.3 is 0 Å². The zero-order valence-electron chi connectivity index (χ0n) is 16.5. The lowest BCUT2D eigenvalue weighted by Crippen LogP contribution is -2.41. The van der Waals surface area contributed by atoms with Gasteiger partial charge in [-0.3, -0.25) is 9.78 Å². The molecule has 0 radical (unpaired) electrons. The molecule has 4 rings (SSSR count). The number of thioether (sulfide) groups is 1. The van der Waals surface area contributed by atoms with E-state index in [1.54, 1.807) is 0 Å². The molecule has 0 aliphatic carbocycles. The van der Waals surface area contributed by atoms with Gasteiger partial charge in [-0.15, -0.1) is 11.8 Å². The Morgan fingerprint density at radius 3 is 2.43 bits per heavy atom. The van der Waals surface area contributed by atoms with Crippen molar-refractivity contribution in [3.05, 3.63) is 60.9 Å². The summed E-state index contributed by atoms with van der Waals surface area (Å²) in [5.74, 6) is 0.391. The third-order valence-corrected chi connectivity index (χ3v) is 6.73. The van der Waals surface area contributed by atoms with Crippen molar-refractivity contribution in [2.24, 2.45) is 5.92 Å². The molecule has 1 saturated heterocycles. The van der Waals surface area contributed by atoms with Gasteiger partial charge in [-0.25, -0.2) is 0 Å². The van der Waals surface area contributed by atoms with Crippen molar-refractivity contribution < 1.29 is 4.79 Å². The van der Waals surface area contributed by atoms with Gasteiger partial charge in [0.2, 0.25) is 5.91 Å². The maximum absolute atomic E-state index is 12.1. The van der Waals surface area contributed by atoms with Crippen LogP contribution in [0, 0.1) is 5.92 Å². The van der Waals surface area contributed by atoms with Gasteiger partial charge in [0.25, 0.3) is 0 Å². The Hall–Kier alpha value is -2.33. The van der Waals surface area contributed by atoms with Crippen LogP contribution in [-0.2, 0) is 4.79 Å². The van der Waals surface area contributed by atoms with Gasteiger partial charge in [-0.1, -0.05) is 38.1 Å². The van der Waals surface area contributed by atoms with Crippen LogP contribution in [0.25, 0.3) is 21.9 Å². The number of benzene rings is 2. The number of piperidine rings is 1. The van der Waals surface area contributed by atoms with E-state index in [1.807, 2.05) is 42.9 Å². The lowest BCUT2D eigenvalue weighted by molar-refractivity contribution is -0.135. The number of fused-ring (bicyclic) bond motifs is 1. The molecule has 1 aromatic heterocycles. The molecule has 1 aliphatic heterocycles. The van der Waals surface area contributed by atoms with Gasteiger partial charge in [-0.05, 0) is 53.6 Å². The summed E-state index contributed by atoms with van der Waals surface area (Å²) in [6, 6.07) is 17.4. The molecule has 2 aromatic carbocycles. The first-order valence-electron chi connectivity index (χ1n) is 10.00. The van der Waals surface area contributed by atoms with E-state index >= 15 is 0 Å². The zero-order chi connectivity index (χ0) is 19.5. The summed E-state index contributed by atoms with van der Waals surface area (Å²) >= 11 is 1.95. The number of pyridine rings is 1. The molecule has 0 bridgehead atoms. The first-order valence-corrected chi connectivity index (χ1v) is 10.9. The number of hydrogen-bond donors (Lipinski definition) is 0. The molecular formula is C24H26N2OS. The molecule has 0 atom stereocenters. The van der Waals surface area contributed by atoms with Crippen molar-refractivity contribution in [2.75, 3.05) is 13.1 Å². The van der Waals surface area contributed by atoms with Crippen LogP contribution in [0.3, 0.4) is 0 Å². The summed E-state index contributed by atoms with van der Waals surface area (Å²) in [5.41, 5.74) is 2.47. The fraction of sp³-hybridized carbons (Fsp3) is 0.333. The predicted octanol–water partition coefficient (Wildman–Crippen LogP) is 5.64. The molecule has 1 fully saturated rings. The summed E-state index contributed by atoms with van der Waals surface area (Å²) in [4.78, 5) is 19.6. The van der Waals surface area contributed by atoms with E-state index in [9.17, 15) is 4.79 Å². The fourth-order valence-electron chi connectivity index (χ4n) is 3.74. The van der Waals surface area contributed by atoms with Crippen LogP contribution in [0.1, 0.15) is 26.7 Å². The topological polar surface area (TPSA) is 33.2 Å². The van der Waals surface area contributed by atoms with Crippen molar-refractivity contribution in [1.29, 1.82) is 0 Å². The Kier molecular flexibility index (Phi) is 5.67. The van der Waals surface area contributed by atoms with Gasteiger partial charge in [0, 0.05) is 46.9 Å². The van der Waals surface area contributed by atoms with E-state index < -0.39 is 0 Å². The quantitative estimate of drug-likeness (QED) is 0.578. The number of likely N-dealkylation sites (tertiary alicyclic amines) is 1. The summed E-state index contributed by atoms with van der Waals surface area (Å²) < 4.78 is 0. The number of hydrogen-bond acceptors (Lipinski definition) is 3. The highest BCUT2D eigenvalue weighted by atomic mass is 32.2. The Morgan fingerprint density at radius 2 is 1.71 bits per heavy atom. The minimum Gasteiger partial charge on any atom is -0.342 e.